The Morgan fingerprint density at radius 2 is 1.66 bits per heavy atom. The number of carbonyl (C=O) groups is 2. The van der Waals surface area contributed by atoms with Crippen LogP contribution in [-0.2, 0) is 15.3 Å². The summed E-state index contributed by atoms with van der Waals surface area (Å²) in [4.78, 5) is 24.5. The van der Waals surface area contributed by atoms with Crippen LogP contribution < -0.4 is 10.6 Å². The van der Waals surface area contributed by atoms with Crippen molar-refractivity contribution in [3.8, 4) is 0 Å². The maximum atomic E-state index is 13.5. The molecule has 4 aliphatic rings. The number of thioether (sulfide) groups is 1. The molecule has 0 spiro atoms. The second-order valence-corrected chi connectivity index (χ2v) is 10.5. The Hall–Kier alpha value is -1.56. The highest BCUT2D eigenvalue weighted by Crippen LogP contribution is 2.61. The van der Waals surface area contributed by atoms with Gasteiger partial charge in [-0.25, -0.2) is 4.39 Å². The molecule has 4 bridgehead atoms. The summed E-state index contributed by atoms with van der Waals surface area (Å²) in [7, 11) is 0. The molecule has 4 nitrogen and oxygen atoms in total. The van der Waals surface area contributed by atoms with Crippen LogP contribution in [0.3, 0.4) is 0 Å². The largest absolute Gasteiger partial charge is 0.354 e. The van der Waals surface area contributed by atoms with Crippen molar-refractivity contribution in [2.24, 2.45) is 23.2 Å². The van der Waals surface area contributed by atoms with E-state index in [4.69, 9.17) is 0 Å². The summed E-state index contributed by atoms with van der Waals surface area (Å²) in [5.41, 5.74) is 0.888. The van der Waals surface area contributed by atoms with Gasteiger partial charge in [0.2, 0.25) is 11.8 Å². The van der Waals surface area contributed by atoms with Crippen LogP contribution in [0.25, 0.3) is 0 Å². The topological polar surface area (TPSA) is 58.2 Å². The van der Waals surface area contributed by atoms with Crippen LogP contribution in [0.2, 0.25) is 0 Å². The molecule has 2 N–H and O–H groups in total. The van der Waals surface area contributed by atoms with Gasteiger partial charge in [-0.15, -0.1) is 0 Å². The van der Waals surface area contributed by atoms with Gasteiger partial charge < -0.3 is 10.6 Å². The highest BCUT2D eigenvalue weighted by molar-refractivity contribution is 7.98. The van der Waals surface area contributed by atoms with Crippen molar-refractivity contribution < 1.29 is 14.0 Å². The molecule has 29 heavy (non-hydrogen) atoms. The molecular formula is C23H31FN2O2S. The predicted octanol–water partition coefficient (Wildman–Crippen LogP) is 3.90. The predicted molar refractivity (Wildman–Crippen MR) is 114 cm³/mol. The Labute approximate surface area is 176 Å². The van der Waals surface area contributed by atoms with E-state index in [0.29, 0.717) is 30.0 Å². The van der Waals surface area contributed by atoms with Gasteiger partial charge in [0.05, 0.1) is 6.54 Å². The van der Waals surface area contributed by atoms with Gasteiger partial charge in [0.1, 0.15) is 5.82 Å². The van der Waals surface area contributed by atoms with Gasteiger partial charge >= 0.3 is 0 Å². The van der Waals surface area contributed by atoms with Crippen molar-refractivity contribution in [1.29, 1.82) is 0 Å². The lowest BCUT2D eigenvalue weighted by molar-refractivity contribution is -0.131. The Kier molecular flexibility index (Phi) is 6.47. The summed E-state index contributed by atoms with van der Waals surface area (Å²) in [5.74, 6) is 3.47. The minimum atomic E-state index is -0.189. The first kappa shape index (κ1) is 20.7. The lowest BCUT2D eigenvalue weighted by Crippen LogP contribution is -2.48. The molecule has 4 aliphatic carbocycles. The molecule has 1 aromatic rings. The summed E-state index contributed by atoms with van der Waals surface area (Å²) in [6, 6.07) is 6.75. The lowest BCUT2D eigenvalue weighted by atomic mass is 9.49. The van der Waals surface area contributed by atoms with E-state index in [1.54, 1.807) is 23.9 Å². The smallest absolute Gasteiger partial charge is 0.239 e. The van der Waals surface area contributed by atoms with Crippen molar-refractivity contribution in [2.45, 2.75) is 50.7 Å². The number of hydrogen-bond acceptors (Lipinski definition) is 3. The number of halogens is 1. The van der Waals surface area contributed by atoms with Crippen molar-refractivity contribution in [3.05, 3.63) is 35.6 Å². The molecule has 0 aliphatic heterocycles. The molecule has 5 rings (SSSR count). The highest BCUT2D eigenvalue weighted by Gasteiger charge is 2.51. The van der Waals surface area contributed by atoms with E-state index >= 15 is 0 Å². The molecule has 2 amide bonds. The van der Waals surface area contributed by atoms with Crippen LogP contribution in [0.1, 0.15) is 50.5 Å². The Bertz CT molecular complexity index is 719. The van der Waals surface area contributed by atoms with Gasteiger partial charge in [-0.05, 0) is 73.3 Å². The van der Waals surface area contributed by atoms with Crippen LogP contribution in [0, 0.1) is 29.0 Å². The molecule has 4 saturated carbocycles. The fraction of sp³-hybridized carbons (Fsp3) is 0.652. The monoisotopic (exact) mass is 418 g/mol. The zero-order valence-electron chi connectivity index (χ0n) is 16.9. The lowest BCUT2D eigenvalue weighted by Gasteiger charge is -2.56. The molecule has 0 aromatic heterocycles. The zero-order valence-corrected chi connectivity index (χ0v) is 17.7. The van der Waals surface area contributed by atoms with Gasteiger partial charge in [0.25, 0.3) is 0 Å². The summed E-state index contributed by atoms with van der Waals surface area (Å²) in [5, 5.41) is 5.65. The average molecular weight is 419 g/mol. The van der Waals surface area contributed by atoms with E-state index < -0.39 is 0 Å². The van der Waals surface area contributed by atoms with Crippen LogP contribution in [0.15, 0.2) is 24.3 Å². The van der Waals surface area contributed by atoms with Gasteiger partial charge in [-0.2, -0.15) is 11.8 Å². The van der Waals surface area contributed by atoms with Gasteiger partial charge in [-0.1, -0.05) is 18.2 Å². The maximum Gasteiger partial charge on any atom is 0.239 e. The average Bonchev–Trinajstić information content (AvgIpc) is 2.66. The Morgan fingerprint density at radius 1 is 1.00 bits per heavy atom. The van der Waals surface area contributed by atoms with E-state index in [0.717, 1.165) is 17.8 Å². The van der Waals surface area contributed by atoms with Crippen LogP contribution in [0.5, 0.6) is 0 Å². The first-order valence-electron chi connectivity index (χ1n) is 10.9. The molecule has 0 radical (unpaired) electrons. The fourth-order valence-corrected chi connectivity index (χ4v) is 7.06. The van der Waals surface area contributed by atoms with Crippen LogP contribution in [0.4, 0.5) is 4.39 Å². The van der Waals surface area contributed by atoms with E-state index in [-0.39, 0.29) is 29.6 Å². The molecule has 0 heterocycles. The molecule has 0 unspecified atom stereocenters. The van der Waals surface area contributed by atoms with Crippen LogP contribution in [-0.4, -0.2) is 30.7 Å². The van der Waals surface area contributed by atoms with Crippen LogP contribution >= 0.6 is 11.8 Å². The SMILES string of the molecule is O=C(CNC(=O)CC12CC3CC(CC(C3)C1)C2)NCCSCc1ccccc1F. The van der Waals surface area contributed by atoms with Gasteiger partial charge in [-0.3, -0.25) is 9.59 Å². The maximum absolute atomic E-state index is 13.5. The van der Waals surface area contributed by atoms with E-state index in [2.05, 4.69) is 10.6 Å². The Balaban J connectivity index is 1.10. The minimum absolute atomic E-state index is 0.0241. The van der Waals surface area contributed by atoms with E-state index in [1.807, 2.05) is 6.07 Å². The van der Waals surface area contributed by atoms with Gasteiger partial charge in [0, 0.05) is 24.5 Å². The minimum Gasteiger partial charge on any atom is -0.354 e. The standard InChI is InChI=1S/C23H31FN2O2S/c24-20-4-2-1-3-19(20)15-29-6-5-25-22(28)14-26-21(27)13-23-10-16-7-17(11-23)9-18(8-16)12-23/h1-4,16-18H,5-15H2,(H,25,28)(H,26,27). The number of carbonyl (C=O) groups excluding carboxylic acids is 2. The third-order valence-corrected chi connectivity index (χ3v) is 7.94. The van der Waals surface area contributed by atoms with Crippen molar-refractivity contribution >= 4 is 23.6 Å². The summed E-state index contributed by atoms with van der Waals surface area (Å²) in [6.45, 7) is 0.561. The number of hydrogen-bond donors (Lipinski definition) is 2. The second kappa shape index (κ2) is 9.07. The van der Waals surface area contributed by atoms with Crippen molar-refractivity contribution in [2.75, 3.05) is 18.8 Å². The summed E-state index contributed by atoms with van der Waals surface area (Å²) < 4.78 is 13.5. The van der Waals surface area contributed by atoms with Gasteiger partial charge in [0.15, 0.2) is 0 Å². The van der Waals surface area contributed by atoms with E-state index in [1.165, 1.54) is 44.6 Å². The van der Waals surface area contributed by atoms with Crippen molar-refractivity contribution in [1.82, 2.24) is 10.6 Å². The normalized spacial score (nSPS) is 29.6. The summed E-state index contributed by atoms with van der Waals surface area (Å²) >= 11 is 1.58. The molecule has 0 saturated heterocycles. The fourth-order valence-electron chi connectivity index (χ4n) is 6.21. The van der Waals surface area contributed by atoms with E-state index in [9.17, 15) is 14.0 Å². The number of amides is 2. The third-order valence-electron chi connectivity index (χ3n) is 6.93. The number of nitrogens with one attached hydrogen (secondary N) is 2. The number of benzene rings is 1. The number of rotatable bonds is 9. The first-order valence-corrected chi connectivity index (χ1v) is 12.0. The molecule has 0 atom stereocenters. The molecule has 1 aromatic carbocycles. The Morgan fingerprint density at radius 3 is 2.31 bits per heavy atom. The van der Waals surface area contributed by atoms with Crippen molar-refractivity contribution in [3.63, 3.8) is 0 Å². The quantitative estimate of drug-likeness (QED) is 0.598. The molecule has 4 fully saturated rings. The summed E-state index contributed by atoms with van der Waals surface area (Å²) in [6.07, 6.45) is 8.32. The molecule has 6 heteroatoms. The zero-order chi connectivity index (χ0) is 20.3. The molecule has 158 valence electrons. The third kappa shape index (κ3) is 5.33. The second-order valence-electron chi connectivity index (χ2n) is 9.37. The first-order chi connectivity index (χ1) is 14.0. The highest BCUT2D eigenvalue weighted by atomic mass is 32.2. The molecular weight excluding hydrogens is 387 g/mol.